The van der Waals surface area contributed by atoms with Crippen LogP contribution in [-0.2, 0) is 30.6 Å². The highest BCUT2D eigenvalue weighted by Crippen LogP contribution is 2.31. The van der Waals surface area contributed by atoms with Crippen LogP contribution in [0.2, 0.25) is 0 Å². The van der Waals surface area contributed by atoms with Crippen molar-refractivity contribution < 1.29 is 26.7 Å². The lowest BCUT2D eigenvalue weighted by molar-refractivity contribution is -0.148. The summed E-state index contributed by atoms with van der Waals surface area (Å²) in [7, 11) is 0. The van der Waals surface area contributed by atoms with Gasteiger partial charge in [-0.2, -0.15) is 13.2 Å². The van der Waals surface area contributed by atoms with Crippen LogP contribution in [0.5, 0.6) is 0 Å². The zero-order chi connectivity index (χ0) is 20.9. The second-order valence-corrected chi connectivity index (χ2v) is 7.10. The molecule has 2 aliphatic rings. The SMILES string of the molecule is N[C@@H](CC(=O)N1CCn2c(nnc2C(F)(F)F)C1)C1NCc2cc(F)c(F)cc21. The first-order valence-electron chi connectivity index (χ1n) is 8.89. The fourth-order valence-electron chi connectivity index (χ4n) is 3.79. The average Bonchev–Trinajstić information content (AvgIpc) is 3.25. The number of nitrogens with one attached hydrogen (secondary N) is 1. The lowest BCUT2D eigenvalue weighted by atomic mass is 9.96. The third-order valence-electron chi connectivity index (χ3n) is 5.23. The van der Waals surface area contributed by atoms with Crippen LogP contribution >= 0.6 is 0 Å². The Morgan fingerprint density at radius 2 is 1.97 bits per heavy atom. The fraction of sp³-hybridized carbons (Fsp3) is 0.471. The molecule has 1 aromatic carbocycles. The molecule has 7 nitrogen and oxygen atoms in total. The third kappa shape index (κ3) is 3.57. The molecule has 0 aliphatic carbocycles. The van der Waals surface area contributed by atoms with Gasteiger partial charge in [-0.3, -0.25) is 4.79 Å². The molecule has 0 bridgehead atoms. The van der Waals surface area contributed by atoms with E-state index in [-0.39, 0.29) is 37.8 Å². The van der Waals surface area contributed by atoms with Crippen LogP contribution in [0.25, 0.3) is 0 Å². The van der Waals surface area contributed by atoms with Crippen LogP contribution in [0.4, 0.5) is 22.0 Å². The predicted octanol–water partition coefficient (Wildman–Crippen LogP) is 1.48. The summed E-state index contributed by atoms with van der Waals surface area (Å²) in [6.07, 6.45) is -4.73. The van der Waals surface area contributed by atoms with Gasteiger partial charge in [0.25, 0.3) is 0 Å². The number of halogens is 5. The number of aromatic nitrogens is 3. The maximum atomic E-state index is 13.6. The lowest BCUT2D eigenvalue weighted by Crippen LogP contribution is -2.44. The molecule has 2 aliphatic heterocycles. The van der Waals surface area contributed by atoms with E-state index in [1.54, 1.807) is 0 Å². The summed E-state index contributed by atoms with van der Waals surface area (Å²) in [5.41, 5.74) is 7.21. The van der Waals surface area contributed by atoms with Crippen LogP contribution in [0.15, 0.2) is 12.1 Å². The normalized spacial score (nSPS) is 19.8. The van der Waals surface area contributed by atoms with Crippen molar-refractivity contribution in [1.29, 1.82) is 0 Å². The Labute approximate surface area is 161 Å². The smallest absolute Gasteiger partial charge is 0.333 e. The molecule has 0 saturated carbocycles. The van der Waals surface area contributed by atoms with E-state index in [9.17, 15) is 26.7 Å². The van der Waals surface area contributed by atoms with Crippen molar-refractivity contribution in [3.8, 4) is 0 Å². The third-order valence-corrected chi connectivity index (χ3v) is 5.23. The molecule has 3 N–H and O–H groups in total. The maximum absolute atomic E-state index is 13.6. The van der Waals surface area contributed by atoms with E-state index in [1.165, 1.54) is 4.90 Å². The number of carbonyl (C=O) groups excluding carboxylic acids is 1. The molecule has 1 unspecified atom stereocenters. The molecule has 3 heterocycles. The van der Waals surface area contributed by atoms with Crippen molar-refractivity contribution in [1.82, 2.24) is 25.0 Å². The molecule has 1 amide bonds. The predicted molar refractivity (Wildman–Crippen MR) is 89.0 cm³/mol. The minimum Gasteiger partial charge on any atom is -0.333 e. The summed E-state index contributed by atoms with van der Waals surface area (Å²) >= 11 is 0. The molecular weight excluding hydrogens is 399 g/mol. The summed E-state index contributed by atoms with van der Waals surface area (Å²) in [6.45, 7) is 0.177. The van der Waals surface area contributed by atoms with E-state index in [2.05, 4.69) is 15.5 Å². The number of hydrogen-bond acceptors (Lipinski definition) is 5. The molecular formula is C17H17F5N6O. The minimum atomic E-state index is -4.62. The number of amides is 1. The average molecular weight is 416 g/mol. The second-order valence-electron chi connectivity index (χ2n) is 7.10. The standard InChI is InChI=1S/C17H17F5N6O/c18-10-3-8-6-24-15(9(8)4-11(10)19)12(23)5-14(29)27-1-2-28-13(7-27)25-26-16(28)17(20,21)22/h3-4,12,15,24H,1-2,5-7,23H2/t12-,15?/m0/s1. The van der Waals surface area contributed by atoms with Gasteiger partial charge in [0, 0.05) is 38.1 Å². The van der Waals surface area contributed by atoms with Gasteiger partial charge in [0.1, 0.15) is 0 Å². The molecule has 2 atom stereocenters. The summed E-state index contributed by atoms with van der Waals surface area (Å²) in [5, 5.41) is 9.75. The molecule has 156 valence electrons. The maximum Gasteiger partial charge on any atom is 0.451 e. The van der Waals surface area contributed by atoms with Crippen molar-refractivity contribution in [2.75, 3.05) is 6.54 Å². The van der Waals surface area contributed by atoms with Gasteiger partial charge in [-0.05, 0) is 23.3 Å². The highest BCUT2D eigenvalue weighted by atomic mass is 19.4. The zero-order valence-corrected chi connectivity index (χ0v) is 15.0. The molecule has 29 heavy (non-hydrogen) atoms. The first-order valence-corrected chi connectivity index (χ1v) is 8.89. The van der Waals surface area contributed by atoms with Crippen LogP contribution in [0.3, 0.4) is 0 Å². The summed E-state index contributed by atoms with van der Waals surface area (Å²) in [6, 6.07) is 0.914. The molecule has 4 rings (SSSR count). The Bertz CT molecular complexity index is 959. The van der Waals surface area contributed by atoms with Gasteiger partial charge in [-0.15, -0.1) is 10.2 Å². The number of hydrogen-bond donors (Lipinski definition) is 2. The molecule has 0 spiro atoms. The Balaban J connectivity index is 1.44. The van der Waals surface area contributed by atoms with Crippen LogP contribution in [0, 0.1) is 11.6 Å². The van der Waals surface area contributed by atoms with Gasteiger partial charge in [0.05, 0.1) is 6.54 Å². The molecule has 0 radical (unpaired) electrons. The van der Waals surface area contributed by atoms with E-state index in [4.69, 9.17) is 5.73 Å². The number of carbonyl (C=O) groups is 1. The summed E-state index contributed by atoms with van der Waals surface area (Å²) in [5.74, 6) is -3.35. The molecule has 12 heteroatoms. The van der Waals surface area contributed by atoms with Gasteiger partial charge in [-0.1, -0.05) is 0 Å². The van der Waals surface area contributed by atoms with Gasteiger partial charge < -0.3 is 20.5 Å². The van der Waals surface area contributed by atoms with E-state index < -0.39 is 35.7 Å². The van der Waals surface area contributed by atoms with Crippen molar-refractivity contribution >= 4 is 5.91 Å². The first kappa shape index (κ1) is 19.7. The zero-order valence-electron chi connectivity index (χ0n) is 15.0. The largest absolute Gasteiger partial charge is 0.451 e. The van der Waals surface area contributed by atoms with Crippen molar-refractivity contribution in [2.24, 2.45) is 5.73 Å². The number of nitrogens with two attached hydrogens (primary N) is 1. The first-order chi connectivity index (χ1) is 13.6. The summed E-state index contributed by atoms with van der Waals surface area (Å²) < 4.78 is 66.6. The van der Waals surface area contributed by atoms with E-state index in [0.717, 1.165) is 16.7 Å². The van der Waals surface area contributed by atoms with Crippen LogP contribution in [-0.4, -0.2) is 38.2 Å². The van der Waals surface area contributed by atoms with E-state index in [1.807, 2.05) is 0 Å². The fourth-order valence-corrected chi connectivity index (χ4v) is 3.79. The second kappa shape index (κ2) is 7.02. The Hall–Kier alpha value is -2.60. The van der Waals surface area contributed by atoms with Gasteiger partial charge in [0.2, 0.25) is 11.7 Å². The van der Waals surface area contributed by atoms with Gasteiger partial charge in [0.15, 0.2) is 17.5 Å². The lowest BCUT2D eigenvalue weighted by Gasteiger charge is -2.30. The molecule has 1 aromatic heterocycles. The van der Waals surface area contributed by atoms with Crippen molar-refractivity contribution in [3.05, 3.63) is 46.5 Å². The minimum absolute atomic E-state index is 0.0485. The van der Waals surface area contributed by atoms with Crippen LogP contribution < -0.4 is 11.1 Å². The van der Waals surface area contributed by atoms with Crippen molar-refractivity contribution in [2.45, 2.75) is 44.3 Å². The highest BCUT2D eigenvalue weighted by Gasteiger charge is 2.40. The quantitative estimate of drug-likeness (QED) is 0.740. The Morgan fingerprint density at radius 3 is 2.69 bits per heavy atom. The molecule has 0 fully saturated rings. The van der Waals surface area contributed by atoms with Gasteiger partial charge >= 0.3 is 6.18 Å². The number of rotatable bonds is 3. The molecule has 0 saturated heterocycles. The monoisotopic (exact) mass is 416 g/mol. The van der Waals surface area contributed by atoms with Crippen molar-refractivity contribution in [3.63, 3.8) is 0 Å². The highest BCUT2D eigenvalue weighted by molar-refractivity contribution is 5.77. The summed E-state index contributed by atoms with van der Waals surface area (Å²) in [4.78, 5) is 14.0. The topological polar surface area (TPSA) is 89.1 Å². The molecule has 2 aromatic rings. The number of alkyl halides is 3. The van der Waals surface area contributed by atoms with E-state index in [0.29, 0.717) is 17.7 Å². The number of nitrogens with zero attached hydrogens (tertiary/aromatic N) is 4. The van der Waals surface area contributed by atoms with Crippen LogP contribution in [0.1, 0.15) is 35.2 Å². The Morgan fingerprint density at radius 1 is 1.24 bits per heavy atom. The number of benzene rings is 1. The number of fused-ring (bicyclic) bond motifs is 2. The van der Waals surface area contributed by atoms with Gasteiger partial charge in [-0.25, -0.2) is 8.78 Å². The van der Waals surface area contributed by atoms with E-state index >= 15 is 0 Å². The Kier molecular flexibility index (Phi) is 4.77.